The van der Waals surface area contributed by atoms with Gasteiger partial charge >= 0.3 is 0 Å². The van der Waals surface area contributed by atoms with Crippen molar-refractivity contribution in [3.05, 3.63) is 29.8 Å². The summed E-state index contributed by atoms with van der Waals surface area (Å²) in [6.07, 6.45) is 1.53. The molecule has 1 aliphatic heterocycles. The fraction of sp³-hybridized carbons (Fsp3) is 0.462. The van der Waals surface area contributed by atoms with Crippen LogP contribution in [0.2, 0.25) is 0 Å². The summed E-state index contributed by atoms with van der Waals surface area (Å²) in [5, 5.41) is 0. The molecule has 80 valence electrons. The quantitative estimate of drug-likeness (QED) is 0.740. The van der Waals surface area contributed by atoms with E-state index in [1.807, 2.05) is 24.3 Å². The third kappa shape index (κ3) is 2.20. The van der Waals surface area contributed by atoms with E-state index in [2.05, 4.69) is 13.8 Å². The van der Waals surface area contributed by atoms with Crippen LogP contribution in [0.4, 0.5) is 0 Å². The number of Topliss-reactive ketones (excluding diaryl/α,β-unsaturated/α-hetero) is 1. The Hall–Kier alpha value is -1.31. The summed E-state index contributed by atoms with van der Waals surface area (Å²) >= 11 is 0. The van der Waals surface area contributed by atoms with Gasteiger partial charge in [0.05, 0.1) is 5.56 Å². The summed E-state index contributed by atoms with van der Waals surface area (Å²) in [5.74, 6) is 1.52. The van der Waals surface area contributed by atoms with Gasteiger partial charge in [-0.05, 0) is 24.5 Å². The van der Waals surface area contributed by atoms with E-state index in [-0.39, 0.29) is 11.9 Å². The summed E-state index contributed by atoms with van der Waals surface area (Å²) in [4.78, 5) is 11.8. The zero-order chi connectivity index (χ0) is 10.8. The van der Waals surface area contributed by atoms with E-state index in [0.717, 1.165) is 17.7 Å². The van der Waals surface area contributed by atoms with Crippen LogP contribution in [0.1, 0.15) is 37.0 Å². The molecule has 1 aromatic rings. The van der Waals surface area contributed by atoms with Gasteiger partial charge < -0.3 is 4.74 Å². The molecule has 0 bridgehead atoms. The molecule has 1 aliphatic rings. The molecule has 0 radical (unpaired) electrons. The second-order valence-corrected chi connectivity index (χ2v) is 4.49. The molecule has 1 atom stereocenters. The Morgan fingerprint density at radius 2 is 2.13 bits per heavy atom. The molecule has 0 saturated carbocycles. The molecule has 0 fully saturated rings. The highest BCUT2D eigenvalue weighted by Gasteiger charge is 2.26. The Morgan fingerprint density at radius 1 is 1.40 bits per heavy atom. The first kappa shape index (κ1) is 10.2. The summed E-state index contributed by atoms with van der Waals surface area (Å²) < 4.78 is 5.79. The normalized spacial score (nSPS) is 19.9. The predicted octanol–water partition coefficient (Wildman–Crippen LogP) is 3.07. The smallest absolute Gasteiger partial charge is 0.170 e. The first-order chi connectivity index (χ1) is 7.16. The van der Waals surface area contributed by atoms with Gasteiger partial charge in [0.2, 0.25) is 0 Å². The van der Waals surface area contributed by atoms with Crippen molar-refractivity contribution in [1.82, 2.24) is 0 Å². The van der Waals surface area contributed by atoms with Crippen LogP contribution in [-0.4, -0.2) is 11.9 Å². The van der Waals surface area contributed by atoms with Crippen molar-refractivity contribution in [3.63, 3.8) is 0 Å². The number of para-hydroxylation sites is 1. The summed E-state index contributed by atoms with van der Waals surface area (Å²) in [6, 6.07) is 7.50. The molecule has 2 rings (SSSR count). The maximum atomic E-state index is 11.8. The minimum atomic E-state index is 0.0624. The number of hydrogen-bond donors (Lipinski definition) is 0. The fourth-order valence-corrected chi connectivity index (χ4v) is 1.99. The van der Waals surface area contributed by atoms with Crippen LogP contribution in [-0.2, 0) is 0 Å². The van der Waals surface area contributed by atoms with E-state index in [0.29, 0.717) is 12.3 Å². The van der Waals surface area contributed by atoms with Gasteiger partial charge in [-0.2, -0.15) is 0 Å². The van der Waals surface area contributed by atoms with Crippen molar-refractivity contribution in [2.75, 3.05) is 0 Å². The molecular formula is C13H16O2. The standard InChI is InChI=1S/C13H16O2/c1-9(2)7-10-8-12(14)11-5-3-4-6-13(11)15-10/h3-6,9-10H,7-8H2,1-2H3. The number of hydrogen-bond acceptors (Lipinski definition) is 2. The number of carbonyl (C=O) groups excluding carboxylic acids is 1. The Bertz CT molecular complexity index is 369. The van der Waals surface area contributed by atoms with Gasteiger partial charge in [0, 0.05) is 6.42 Å². The average molecular weight is 204 g/mol. The second-order valence-electron chi connectivity index (χ2n) is 4.49. The largest absolute Gasteiger partial charge is 0.489 e. The third-order valence-corrected chi connectivity index (χ3v) is 2.63. The molecule has 0 saturated heterocycles. The summed E-state index contributed by atoms with van der Waals surface area (Å²) in [5.41, 5.74) is 0.734. The molecule has 2 heteroatoms. The lowest BCUT2D eigenvalue weighted by atomic mass is 9.95. The maximum Gasteiger partial charge on any atom is 0.170 e. The third-order valence-electron chi connectivity index (χ3n) is 2.63. The lowest BCUT2D eigenvalue weighted by molar-refractivity contribution is 0.0820. The minimum Gasteiger partial charge on any atom is -0.489 e. The number of fused-ring (bicyclic) bond motifs is 1. The molecule has 1 aromatic carbocycles. The molecule has 15 heavy (non-hydrogen) atoms. The van der Waals surface area contributed by atoms with Gasteiger partial charge in [-0.25, -0.2) is 0 Å². The first-order valence-corrected chi connectivity index (χ1v) is 5.45. The van der Waals surface area contributed by atoms with Crippen molar-refractivity contribution in [2.24, 2.45) is 5.92 Å². The van der Waals surface area contributed by atoms with Crippen LogP contribution in [0, 0.1) is 5.92 Å². The molecule has 0 aromatic heterocycles. The van der Waals surface area contributed by atoms with E-state index in [4.69, 9.17) is 4.74 Å². The van der Waals surface area contributed by atoms with Crippen LogP contribution in [0.3, 0.4) is 0 Å². The zero-order valence-corrected chi connectivity index (χ0v) is 9.19. The number of ether oxygens (including phenoxy) is 1. The van der Waals surface area contributed by atoms with Crippen LogP contribution in [0.25, 0.3) is 0 Å². The van der Waals surface area contributed by atoms with Crippen molar-refractivity contribution >= 4 is 5.78 Å². The van der Waals surface area contributed by atoms with Crippen molar-refractivity contribution in [2.45, 2.75) is 32.8 Å². The van der Waals surface area contributed by atoms with Crippen LogP contribution in [0.15, 0.2) is 24.3 Å². The van der Waals surface area contributed by atoms with E-state index < -0.39 is 0 Å². The molecule has 1 unspecified atom stereocenters. The highest BCUT2D eigenvalue weighted by atomic mass is 16.5. The predicted molar refractivity (Wildman–Crippen MR) is 59.3 cm³/mol. The number of benzene rings is 1. The molecule has 0 aliphatic carbocycles. The molecule has 2 nitrogen and oxygen atoms in total. The van der Waals surface area contributed by atoms with Gasteiger partial charge in [0.15, 0.2) is 5.78 Å². The topological polar surface area (TPSA) is 26.3 Å². The monoisotopic (exact) mass is 204 g/mol. The molecular weight excluding hydrogens is 188 g/mol. The maximum absolute atomic E-state index is 11.8. The Balaban J connectivity index is 2.19. The highest BCUT2D eigenvalue weighted by Crippen LogP contribution is 2.29. The van der Waals surface area contributed by atoms with E-state index in [9.17, 15) is 4.79 Å². The van der Waals surface area contributed by atoms with Gasteiger partial charge in [-0.1, -0.05) is 26.0 Å². The SMILES string of the molecule is CC(C)CC1CC(=O)c2ccccc2O1. The first-order valence-electron chi connectivity index (χ1n) is 5.45. The van der Waals surface area contributed by atoms with Gasteiger partial charge in [0.25, 0.3) is 0 Å². The van der Waals surface area contributed by atoms with E-state index >= 15 is 0 Å². The Morgan fingerprint density at radius 3 is 2.87 bits per heavy atom. The Labute approximate surface area is 90.3 Å². The molecule has 1 heterocycles. The van der Waals surface area contributed by atoms with Crippen molar-refractivity contribution < 1.29 is 9.53 Å². The van der Waals surface area contributed by atoms with E-state index in [1.54, 1.807) is 0 Å². The van der Waals surface area contributed by atoms with E-state index in [1.165, 1.54) is 0 Å². The van der Waals surface area contributed by atoms with Gasteiger partial charge in [-0.15, -0.1) is 0 Å². The molecule has 0 spiro atoms. The average Bonchev–Trinajstić information content (AvgIpc) is 2.16. The lowest BCUT2D eigenvalue weighted by Gasteiger charge is -2.26. The van der Waals surface area contributed by atoms with Gasteiger partial charge in [0.1, 0.15) is 11.9 Å². The number of carbonyl (C=O) groups is 1. The minimum absolute atomic E-state index is 0.0624. The highest BCUT2D eigenvalue weighted by molar-refractivity contribution is 5.99. The van der Waals surface area contributed by atoms with Gasteiger partial charge in [-0.3, -0.25) is 4.79 Å². The fourth-order valence-electron chi connectivity index (χ4n) is 1.99. The summed E-state index contributed by atoms with van der Waals surface area (Å²) in [7, 11) is 0. The lowest BCUT2D eigenvalue weighted by Crippen LogP contribution is -2.28. The molecule has 0 amide bonds. The zero-order valence-electron chi connectivity index (χ0n) is 9.19. The molecule has 0 N–H and O–H groups in total. The van der Waals surface area contributed by atoms with Crippen LogP contribution in [0.5, 0.6) is 5.75 Å². The van der Waals surface area contributed by atoms with Crippen molar-refractivity contribution in [1.29, 1.82) is 0 Å². The van der Waals surface area contributed by atoms with Crippen molar-refractivity contribution in [3.8, 4) is 5.75 Å². The number of ketones is 1. The number of rotatable bonds is 2. The summed E-state index contributed by atoms with van der Waals surface area (Å²) in [6.45, 7) is 4.29. The Kier molecular flexibility index (Phi) is 2.76. The van der Waals surface area contributed by atoms with Crippen LogP contribution >= 0.6 is 0 Å². The second kappa shape index (κ2) is 4.05. The van der Waals surface area contributed by atoms with Crippen LogP contribution < -0.4 is 4.74 Å².